The van der Waals surface area contributed by atoms with Crippen LogP contribution in [0.25, 0.3) is 0 Å². The van der Waals surface area contributed by atoms with Crippen molar-refractivity contribution >= 4 is 12.4 Å². The van der Waals surface area contributed by atoms with Crippen molar-refractivity contribution < 1.29 is 0 Å². The van der Waals surface area contributed by atoms with Gasteiger partial charge >= 0.3 is 0 Å². The first kappa shape index (κ1) is 17.2. The van der Waals surface area contributed by atoms with Crippen LogP contribution in [0, 0.1) is 0 Å². The van der Waals surface area contributed by atoms with Crippen LogP contribution in [0.15, 0.2) is 43.0 Å². The first-order valence-corrected chi connectivity index (χ1v) is 7.40. The highest BCUT2D eigenvalue weighted by atomic mass is 35.5. The van der Waals surface area contributed by atoms with E-state index < -0.39 is 0 Å². The molecule has 1 aromatic rings. The molecule has 0 amide bonds. The number of rotatable bonds is 6. The van der Waals surface area contributed by atoms with E-state index in [4.69, 9.17) is 0 Å². The summed E-state index contributed by atoms with van der Waals surface area (Å²) in [6, 6.07) is 10.7. The molecule has 2 rings (SSSR count). The molecule has 1 saturated heterocycles. The van der Waals surface area contributed by atoms with Gasteiger partial charge in [-0.1, -0.05) is 43.3 Å². The maximum absolute atomic E-state index is 3.94. The molecule has 1 aromatic carbocycles. The molecular weight excluding hydrogens is 268 g/mol. The quantitative estimate of drug-likeness (QED) is 0.806. The van der Waals surface area contributed by atoms with Crippen molar-refractivity contribution in [1.29, 1.82) is 0 Å². The third-order valence-electron chi connectivity index (χ3n) is 4.31. The summed E-state index contributed by atoms with van der Waals surface area (Å²) < 4.78 is 0. The van der Waals surface area contributed by atoms with E-state index in [1.165, 1.54) is 38.0 Å². The average Bonchev–Trinajstić information content (AvgIpc) is 2.48. The molecule has 1 heterocycles. The Balaban J connectivity index is 0.00000200. The van der Waals surface area contributed by atoms with Crippen molar-refractivity contribution in [2.45, 2.75) is 38.3 Å². The number of piperidine rings is 1. The molecule has 3 heteroatoms. The second-order valence-electron chi connectivity index (χ2n) is 5.55. The summed E-state index contributed by atoms with van der Waals surface area (Å²) in [5.74, 6) is 0. The van der Waals surface area contributed by atoms with E-state index in [1.807, 2.05) is 0 Å². The second kappa shape index (κ2) is 8.46. The Hall–Kier alpha value is -0.830. The minimum absolute atomic E-state index is 0. The van der Waals surface area contributed by atoms with Crippen molar-refractivity contribution in [3.63, 3.8) is 0 Å². The molecule has 112 valence electrons. The van der Waals surface area contributed by atoms with Gasteiger partial charge in [-0.05, 0) is 44.5 Å². The van der Waals surface area contributed by atoms with Crippen LogP contribution in [-0.4, -0.2) is 30.1 Å². The Morgan fingerprint density at radius 1 is 1.25 bits per heavy atom. The summed E-state index contributed by atoms with van der Waals surface area (Å²) in [5, 5.41) is 3.80. The van der Waals surface area contributed by atoms with Crippen LogP contribution in [0.2, 0.25) is 0 Å². The molecule has 1 N–H and O–H groups in total. The average molecular weight is 295 g/mol. The summed E-state index contributed by atoms with van der Waals surface area (Å²) in [6.45, 7) is 10.7. The molecule has 0 saturated carbocycles. The zero-order valence-corrected chi connectivity index (χ0v) is 13.3. The van der Waals surface area contributed by atoms with Gasteiger partial charge < -0.3 is 10.2 Å². The van der Waals surface area contributed by atoms with Crippen LogP contribution < -0.4 is 5.32 Å². The number of nitrogens with one attached hydrogen (secondary N) is 1. The summed E-state index contributed by atoms with van der Waals surface area (Å²) in [6.07, 6.45) is 5.58. The highest BCUT2D eigenvalue weighted by Gasteiger charge is 2.32. The van der Waals surface area contributed by atoms with Crippen molar-refractivity contribution in [2.24, 2.45) is 0 Å². The summed E-state index contributed by atoms with van der Waals surface area (Å²) in [5.41, 5.74) is 1.62. The fourth-order valence-electron chi connectivity index (χ4n) is 2.91. The minimum atomic E-state index is 0. The molecule has 0 aliphatic carbocycles. The fourth-order valence-corrected chi connectivity index (χ4v) is 2.91. The first-order valence-electron chi connectivity index (χ1n) is 7.40. The van der Waals surface area contributed by atoms with E-state index in [2.05, 4.69) is 60.1 Å². The lowest BCUT2D eigenvalue weighted by atomic mass is 9.84. The summed E-state index contributed by atoms with van der Waals surface area (Å²) in [4.78, 5) is 2.53. The third-order valence-corrected chi connectivity index (χ3v) is 4.31. The Kier molecular flexibility index (Phi) is 7.28. The highest BCUT2D eigenvalue weighted by Crippen LogP contribution is 2.26. The molecule has 0 radical (unpaired) electrons. The van der Waals surface area contributed by atoms with Crippen molar-refractivity contribution in [1.82, 2.24) is 10.2 Å². The lowest BCUT2D eigenvalue weighted by Gasteiger charge is -2.42. The number of hydrogen-bond acceptors (Lipinski definition) is 2. The molecule has 1 aliphatic heterocycles. The first-order chi connectivity index (χ1) is 9.28. The van der Waals surface area contributed by atoms with Gasteiger partial charge in [-0.3, -0.25) is 0 Å². The van der Waals surface area contributed by atoms with Crippen LogP contribution in [0.4, 0.5) is 0 Å². The molecule has 0 unspecified atom stereocenters. The smallest absolute Gasteiger partial charge is 0.0243 e. The van der Waals surface area contributed by atoms with Gasteiger partial charge in [-0.15, -0.1) is 19.0 Å². The van der Waals surface area contributed by atoms with E-state index in [1.54, 1.807) is 0 Å². The van der Waals surface area contributed by atoms with E-state index in [9.17, 15) is 0 Å². The zero-order valence-electron chi connectivity index (χ0n) is 12.5. The molecule has 1 aliphatic rings. The fraction of sp³-hybridized carbons (Fsp3) is 0.529. The lowest BCUT2D eigenvalue weighted by molar-refractivity contribution is 0.139. The number of benzene rings is 1. The summed E-state index contributed by atoms with van der Waals surface area (Å²) >= 11 is 0. The minimum Gasteiger partial charge on any atom is -0.307 e. The van der Waals surface area contributed by atoms with Gasteiger partial charge in [-0.2, -0.15) is 0 Å². The maximum atomic E-state index is 3.94. The van der Waals surface area contributed by atoms with E-state index in [0.29, 0.717) is 0 Å². The highest BCUT2D eigenvalue weighted by molar-refractivity contribution is 5.85. The number of nitrogens with zero attached hydrogens (tertiary/aromatic N) is 1. The van der Waals surface area contributed by atoms with Crippen LogP contribution >= 0.6 is 12.4 Å². The topological polar surface area (TPSA) is 15.3 Å². The Morgan fingerprint density at radius 2 is 1.90 bits per heavy atom. The predicted octanol–water partition coefficient (Wildman–Crippen LogP) is 3.63. The van der Waals surface area contributed by atoms with Crippen LogP contribution in [0.5, 0.6) is 0 Å². The van der Waals surface area contributed by atoms with E-state index >= 15 is 0 Å². The van der Waals surface area contributed by atoms with Gasteiger partial charge in [-0.25, -0.2) is 0 Å². The van der Waals surface area contributed by atoms with Gasteiger partial charge in [0.2, 0.25) is 0 Å². The molecule has 0 aromatic heterocycles. The van der Waals surface area contributed by atoms with Crippen molar-refractivity contribution in [2.75, 3.05) is 19.6 Å². The van der Waals surface area contributed by atoms with Gasteiger partial charge in [0, 0.05) is 12.1 Å². The van der Waals surface area contributed by atoms with Gasteiger partial charge in [0.15, 0.2) is 0 Å². The Morgan fingerprint density at radius 3 is 2.45 bits per heavy atom. The van der Waals surface area contributed by atoms with Gasteiger partial charge in [0.05, 0.1) is 0 Å². The predicted molar refractivity (Wildman–Crippen MR) is 89.4 cm³/mol. The largest absolute Gasteiger partial charge is 0.307 e. The normalized spacial score (nSPS) is 18.2. The van der Waals surface area contributed by atoms with Crippen molar-refractivity contribution in [3.05, 3.63) is 48.6 Å². The Labute approximate surface area is 129 Å². The van der Waals surface area contributed by atoms with Crippen LogP contribution in [0.1, 0.15) is 31.7 Å². The zero-order chi connectivity index (χ0) is 13.6. The molecule has 1 fully saturated rings. The number of hydrogen-bond donors (Lipinski definition) is 1. The van der Waals surface area contributed by atoms with Crippen LogP contribution in [-0.2, 0) is 6.54 Å². The SMILES string of the molecule is C=CCC1(NCc2ccccc2)CCN(CC)CC1.Cl. The molecular formula is C17H27ClN2. The molecule has 0 atom stereocenters. The lowest BCUT2D eigenvalue weighted by Crippen LogP contribution is -2.52. The monoisotopic (exact) mass is 294 g/mol. The van der Waals surface area contributed by atoms with E-state index in [-0.39, 0.29) is 17.9 Å². The van der Waals surface area contributed by atoms with E-state index in [0.717, 1.165) is 13.0 Å². The second-order valence-corrected chi connectivity index (χ2v) is 5.55. The standard InChI is InChI=1S/C17H26N2.ClH/c1-3-10-17(11-13-19(4-2)14-12-17)18-15-16-8-6-5-7-9-16;/h3,5-9,18H,1,4,10-15H2,2H3;1H. The molecule has 0 spiro atoms. The van der Waals surface area contributed by atoms with Gasteiger partial charge in [0.1, 0.15) is 0 Å². The summed E-state index contributed by atoms with van der Waals surface area (Å²) in [7, 11) is 0. The Bertz CT molecular complexity index is 383. The maximum Gasteiger partial charge on any atom is 0.0243 e. The van der Waals surface area contributed by atoms with Gasteiger partial charge in [0.25, 0.3) is 0 Å². The van der Waals surface area contributed by atoms with Crippen molar-refractivity contribution in [3.8, 4) is 0 Å². The molecule has 20 heavy (non-hydrogen) atoms. The molecule has 0 bridgehead atoms. The number of likely N-dealkylation sites (tertiary alicyclic amines) is 1. The number of halogens is 1. The molecule has 2 nitrogen and oxygen atoms in total. The van der Waals surface area contributed by atoms with Crippen LogP contribution in [0.3, 0.4) is 0 Å². The third kappa shape index (κ3) is 4.62.